The molecule has 25 heavy (non-hydrogen) atoms. The molecular weight excluding hydrogens is 335 g/mol. The van der Waals surface area contributed by atoms with Crippen LogP contribution in [0.15, 0.2) is 24.3 Å². The standard InChI is InChI=1S/C17H22F3N3O2/c18-17(19,20)13-5-3-4-12(10-13)11-22-16(25)21-9-8-15(24)23-14-6-1-2-7-14/h3-5,10,14H,1-2,6-9,11H2,(H,23,24)(H2,21,22,25). The number of hydrogen-bond acceptors (Lipinski definition) is 2. The van der Waals surface area contributed by atoms with E-state index in [4.69, 9.17) is 0 Å². The Morgan fingerprint density at radius 1 is 1.12 bits per heavy atom. The summed E-state index contributed by atoms with van der Waals surface area (Å²) in [5.41, 5.74) is -0.403. The lowest BCUT2D eigenvalue weighted by molar-refractivity contribution is -0.137. The molecule has 8 heteroatoms. The van der Waals surface area contributed by atoms with Crippen molar-refractivity contribution in [3.05, 3.63) is 35.4 Å². The Labute approximate surface area is 144 Å². The fourth-order valence-corrected chi connectivity index (χ4v) is 2.76. The molecular formula is C17H22F3N3O2. The Hall–Kier alpha value is -2.25. The summed E-state index contributed by atoms with van der Waals surface area (Å²) in [7, 11) is 0. The molecule has 5 nitrogen and oxygen atoms in total. The number of urea groups is 1. The van der Waals surface area contributed by atoms with E-state index in [0.717, 1.165) is 37.8 Å². The summed E-state index contributed by atoms with van der Waals surface area (Å²) in [6.07, 6.45) is 0.00793. The van der Waals surface area contributed by atoms with E-state index in [0.29, 0.717) is 5.56 Å². The molecule has 0 heterocycles. The molecule has 0 spiro atoms. The average Bonchev–Trinajstić information content (AvgIpc) is 3.05. The molecule has 0 aromatic heterocycles. The second-order valence-electron chi connectivity index (χ2n) is 6.11. The minimum Gasteiger partial charge on any atom is -0.353 e. The van der Waals surface area contributed by atoms with Crippen molar-refractivity contribution in [3.8, 4) is 0 Å². The summed E-state index contributed by atoms with van der Waals surface area (Å²) >= 11 is 0. The minimum atomic E-state index is -4.41. The monoisotopic (exact) mass is 357 g/mol. The van der Waals surface area contributed by atoms with Gasteiger partial charge in [0.2, 0.25) is 5.91 Å². The van der Waals surface area contributed by atoms with Gasteiger partial charge >= 0.3 is 12.2 Å². The zero-order chi connectivity index (χ0) is 18.3. The molecule has 1 aliphatic carbocycles. The summed E-state index contributed by atoms with van der Waals surface area (Å²) in [5.74, 6) is -0.106. The molecule has 2 rings (SSSR count). The van der Waals surface area contributed by atoms with Crippen LogP contribution in [0.2, 0.25) is 0 Å². The van der Waals surface area contributed by atoms with E-state index in [1.807, 2.05) is 0 Å². The molecule has 138 valence electrons. The topological polar surface area (TPSA) is 70.2 Å². The van der Waals surface area contributed by atoms with Crippen LogP contribution in [0.4, 0.5) is 18.0 Å². The predicted octanol–water partition coefficient (Wildman–Crippen LogP) is 2.95. The van der Waals surface area contributed by atoms with Crippen LogP contribution in [0, 0.1) is 0 Å². The Morgan fingerprint density at radius 2 is 1.84 bits per heavy atom. The van der Waals surface area contributed by atoms with E-state index < -0.39 is 17.8 Å². The highest BCUT2D eigenvalue weighted by molar-refractivity contribution is 5.78. The van der Waals surface area contributed by atoms with Crippen LogP contribution < -0.4 is 16.0 Å². The van der Waals surface area contributed by atoms with Crippen molar-refractivity contribution in [3.63, 3.8) is 0 Å². The summed E-state index contributed by atoms with van der Waals surface area (Å²) in [6.45, 7) is 0.150. The van der Waals surface area contributed by atoms with Crippen LogP contribution in [0.3, 0.4) is 0 Å². The molecule has 1 saturated carbocycles. The van der Waals surface area contributed by atoms with Gasteiger partial charge in [0.15, 0.2) is 0 Å². The molecule has 0 bridgehead atoms. The number of nitrogens with one attached hydrogen (secondary N) is 3. The van der Waals surface area contributed by atoms with Gasteiger partial charge in [0, 0.05) is 25.6 Å². The molecule has 0 aliphatic heterocycles. The SMILES string of the molecule is O=C(CCNC(=O)NCc1cccc(C(F)(F)F)c1)NC1CCCC1. The molecule has 0 radical (unpaired) electrons. The maximum Gasteiger partial charge on any atom is 0.416 e. The number of carbonyl (C=O) groups excluding carboxylic acids is 2. The van der Waals surface area contributed by atoms with Gasteiger partial charge in [0.25, 0.3) is 0 Å². The molecule has 0 saturated heterocycles. The highest BCUT2D eigenvalue weighted by Gasteiger charge is 2.30. The van der Waals surface area contributed by atoms with E-state index >= 15 is 0 Å². The van der Waals surface area contributed by atoms with Crippen molar-refractivity contribution < 1.29 is 22.8 Å². The van der Waals surface area contributed by atoms with E-state index in [9.17, 15) is 22.8 Å². The summed E-state index contributed by atoms with van der Waals surface area (Å²) in [4.78, 5) is 23.4. The highest BCUT2D eigenvalue weighted by Crippen LogP contribution is 2.29. The largest absolute Gasteiger partial charge is 0.416 e. The molecule has 0 atom stereocenters. The zero-order valence-electron chi connectivity index (χ0n) is 13.8. The van der Waals surface area contributed by atoms with Gasteiger partial charge in [0.05, 0.1) is 5.56 Å². The van der Waals surface area contributed by atoms with E-state index in [2.05, 4.69) is 16.0 Å². The lowest BCUT2D eigenvalue weighted by Crippen LogP contribution is -2.39. The Balaban J connectivity index is 1.66. The fraction of sp³-hybridized carbons (Fsp3) is 0.529. The third-order valence-electron chi connectivity index (χ3n) is 4.07. The van der Waals surface area contributed by atoms with Crippen LogP contribution in [-0.4, -0.2) is 24.5 Å². The Bertz CT molecular complexity index is 599. The third kappa shape index (κ3) is 6.64. The van der Waals surface area contributed by atoms with Crippen molar-refractivity contribution in [2.75, 3.05) is 6.54 Å². The second-order valence-corrected chi connectivity index (χ2v) is 6.11. The molecule has 1 aromatic carbocycles. The normalized spacial score (nSPS) is 15.0. The fourth-order valence-electron chi connectivity index (χ4n) is 2.76. The number of rotatable bonds is 6. The van der Waals surface area contributed by atoms with E-state index in [1.165, 1.54) is 12.1 Å². The number of halogens is 3. The Kier molecular flexibility index (Phi) is 6.66. The number of alkyl halides is 3. The number of hydrogen-bond donors (Lipinski definition) is 3. The molecule has 1 fully saturated rings. The van der Waals surface area contributed by atoms with Crippen LogP contribution in [0.5, 0.6) is 0 Å². The van der Waals surface area contributed by atoms with E-state index in [-0.39, 0.29) is 31.5 Å². The van der Waals surface area contributed by atoms with Gasteiger partial charge < -0.3 is 16.0 Å². The first-order valence-electron chi connectivity index (χ1n) is 8.32. The second kappa shape index (κ2) is 8.73. The molecule has 0 unspecified atom stereocenters. The minimum absolute atomic E-state index is 0.0238. The van der Waals surface area contributed by atoms with Crippen molar-refractivity contribution in [1.82, 2.24) is 16.0 Å². The summed E-state index contributed by atoms with van der Waals surface area (Å²) in [5, 5.41) is 7.91. The first-order valence-corrected chi connectivity index (χ1v) is 8.32. The van der Waals surface area contributed by atoms with Crippen molar-refractivity contribution >= 4 is 11.9 Å². The van der Waals surface area contributed by atoms with Gasteiger partial charge in [-0.1, -0.05) is 25.0 Å². The highest BCUT2D eigenvalue weighted by atomic mass is 19.4. The molecule has 3 N–H and O–H groups in total. The van der Waals surface area contributed by atoms with Crippen LogP contribution in [0.1, 0.15) is 43.2 Å². The molecule has 1 aliphatic rings. The number of carbonyl (C=O) groups is 2. The predicted molar refractivity (Wildman–Crippen MR) is 86.7 cm³/mol. The number of amides is 3. The summed E-state index contributed by atoms with van der Waals surface area (Å²) < 4.78 is 37.9. The van der Waals surface area contributed by atoms with Gasteiger partial charge in [-0.15, -0.1) is 0 Å². The van der Waals surface area contributed by atoms with Crippen molar-refractivity contribution in [2.24, 2.45) is 0 Å². The first-order chi connectivity index (χ1) is 11.8. The van der Waals surface area contributed by atoms with Gasteiger partial charge in [-0.2, -0.15) is 13.2 Å². The van der Waals surface area contributed by atoms with Gasteiger partial charge in [-0.05, 0) is 30.5 Å². The van der Waals surface area contributed by atoms with Crippen LogP contribution in [0.25, 0.3) is 0 Å². The number of benzene rings is 1. The van der Waals surface area contributed by atoms with Crippen LogP contribution >= 0.6 is 0 Å². The zero-order valence-corrected chi connectivity index (χ0v) is 13.8. The van der Waals surface area contributed by atoms with E-state index in [1.54, 1.807) is 0 Å². The van der Waals surface area contributed by atoms with Crippen molar-refractivity contribution in [1.29, 1.82) is 0 Å². The molecule has 1 aromatic rings. The average molecular weight is 357 g/mol. The lowest BCUT2D eigenvalue weighted by Gasteiger charge is -2.12. The maximum atomic E-state index is 12.6. The van der Waals surface area contributed by atoms with Gasteiger partial charge in [0.1, 0.15) is 0 Å². The van der Waals surface area contributed by atoms with Gasteiger partial charge in [-0.25, -0.2) is 4.79 Å². The third-order valence-corrected chi connectivity index (χ3v) is 4.07. The molecule has 3 amide bonds. The quantitative estimate of drug-likeness (QED) is 0.733. The summed E-state index contributed by atoms with van der Waals surface area (Å²) in [6, 6.07) is 4.49. The van der Waals surface area contributed by atoms with Crippen LogP contribution in [-0.2, 0) is 17.5 Å². The maximum absolute atomic E-state index is 12.6. The first kappa shape index (κ1) is 19.1. The Morgan fingerprint density at radius 3 is 2.52 bits per heavy atom. The van der Waals surface area contributed by atoms with Gasteiger partial charge in [-0.3, -0.25) is 4.79 Å². The smallest absolute Gasteiger partial charge is 0.353 e. The van der Waals surface area contributed by atoms with Crippen molar-refractivity contribution in [2.45, 2.75) is 50.9 Å². The lowest BCUT2D eigenvalue weighted by atomic mass is 10.1.